The van der Waals surface area contributed by atoms with Crippen LogP contribution in [-0.2, 0) is 4.79 Å². The van der Waals surface area contributed by atoms with Crippen molar-refractivity contribution in [3.05, 3.63) is 28.3 Å². The first-order chi connectivity index (χ1) is 8.85. The van der Waals surface area contributed by atoms with Gasteiger partial charge in [-0.3, -0.25) is 10.1 Å². The van der Waals surface area contributed by atoms with Gasteiger partial charge in [0.25, 0.3) is 0 Å². The number of aryl methyl sites for hydroxylation is 2. The number of urea groups is 1. The van der Waals surface area contributed by atoms with Crippen LogP contribution in [-0.4, -0.2) is 22.1 Å². The van der Waals surface area contributed by atoms with Crippen molar-refractivity contribution in [1.82, 2.24) is 5.32 Å². The zero-order valence-electron chi connectivity index (χ0n) is 10.4. The van der Waals surface area contributed by atoms with Crippen molar-refractivity contribution in [2.24, 2.45) is 0 Å². The number of halogens is 3. The maximum absolute atomic E-state index is 11.6. The number of alkyl halides is 2. The summed E-state index contributed by atoms with van der Waals surface area (Å²) in [6, 6.07) is 2.92. The van der Waals surface area contributed by atoms with E-state index in [1.54, 1.807) is 12.1 Å². The predicted octanol–water partition coefficient (Wildman–Crippen LogP) is 3.76. The van der Waals surface area contributed by atoms with E-state index in [0.717, 1.165) is 11.1 Å². The van der Waals surface area contributed by atoms with Gasteiger partial charge in [0.1, 0.15) is 4.83 Å². The molecular weight excluding hydrogens is 399 g/mol. The van der Waals surface area contributed by atoms with E-state index in [-0.39, 0.29) is 0 Å². The molecule has 2 N–H and O–H groups in total. The van der Waals surface area contributed by atoms with Gasteiger partial charge in [-0.15, -0.1) is 0 Å². The van der Waals surface area contributed by atoms with E-state index in [1.807, 2.05) is 13.8 Å². The van der Waals surface area contributed by atoms with E-state index in [0.29, 0.717) is 16.0 Å². The lowest BCUT2D eigenvalue weighted by molar-refractivity contribution is -0.118. The minimum absolute atomic E-state index is 0.406. The normalized spacial score (nSPS) is 11.8. The van der Waals surface area contributed by atoms with Crippen molar-refractivity contribution < 1.29 is 9.59 Å². The summed E-state index contributed by atoms with van der Waals surface area (Å²) in [6.07, 6.45) is 0. The molecule has 1 unspecified atom stereocenters. The lowest BCUT2D eigenvalue weighted by atomic mass is 10.1. The smallest absolute Gasteiger partial charge is 0.308 e. The lowest BCUT2D eigenvalue weighted by Gasteiger charge is -2.11. The number of nitrogens with one attached hydrogen (secondary N) is 2. The fraction of sp³-hybridized carbons (Fsp3) is 0.333. The summed E-state index contributed by atoms with van der Waals surface area (Å²) in [4.78, 5) is 22.7. The molecule has 0 aliphatic heterocycles. The number of amides is 3. The molecule has 0 saturated carbocycles. The molecular formula is C12H13Br2ClN2O2. The Hall–Kier alpha value is -0.590. The molecule has 0 aliphatic carbocycles. The van der Waals surface area contributed by atoms with Gasteiger partial charge < -0.3 is 5.32 Å². The molecule has 0 radical (unpaired) electrons. The number of carbonyl (C=O) groups is 2. The van der Waals surface area contributed by atoms with Gasteiger partial charge in [0.2, 0.25) is 5.91 Å². The molecule has 0 saturated heterocycles. The van der Waals surface area contributed by atoms with Crippen LogP contribution >= 0.6 is 43.5 Å². The Bertz CT molecular complexity index is 485. The van der Waals surface area contributed by atoms with Crippen LogP contribution in [0.1, 0.15) is 11.1 Å². The zero-order chi connectivity index (χ0) is 14.6. The standard InChI is InChI=1S/C12H13Br2ClN2O2/c1-6-3-8(4-7(2)10(6)15)16-12(19)17-11(18)9(14)5-13/h3-4,9H,5H2,1-2H3,(H2,16,17,18,19). The number of rotatable bonds is 3. The number of benzene rings is 1. The van der Waals surface area contributed by atoms with Crippen LogP contribution in [0.15, 0.2) is 12.1 Å². The molecule has 0 spiro atoms. The number of carbonyl (C=O) groups excluding carboxylic acids is 2. The summed E-state index contributed by atoms with van der Waals surface area (Å²) in [7, 11) is 0. The zero-order valence-corrected chi connectivity index (χ0v) is 14.3. The summed E-state index contributed by atoms with van der Waals surface area (Å²) >= 11 is 12.3. The van der Waals surface area contributed by atoms with Gasteiger partial charge >= 0.3 is 6.03 Å². The third-order valence-electron chi connectivity index (χ3n) is 2.35. The van der Waals surface area contributed by atoms with Crippen LogP contribution in [0.2, 0.25) is 5.02 Å². The number of imide groups is 1. The third-order valence-corrected chi connectivity index (χ3v) is 5.20. The van der Waals surface area contributed by atoms with E-state index in [9.17, 15) is 9.59 Å². The van der Waals surface area contributed by atoms with Gasteiger partial charge in [-0.05, 0) is 37.1 Å². The summed E-state index contributed by atoms with van der Waals surface area (Å²) in [5, 5.41) is 5.92. The van der Waals surface area contributed by atoms with Crippen molar-refractivity contribution in [2.45, 2.75) is 18.7 Å². The summed E-state index contributed by atoms with van der Waals surface area (Å²) < 4.78 is 0. The summed E-state index contributed by atoms with van der Waals surface area (Å²) in [5.74, 6) is -0.406. The fourth-order valence-electron chi connectivity index (χ4n) is 1.44. The first kappa shape index (κ1) is 16.5. The highest BCUT2D eigenvalue weighted by Crippen LogP contribution is 2.24. The van der Waals surface area contributed by atoms with Gasteiger partial charge in [-0.25, -0.2) is 4.79 Å². The molecule has 0 aromatic heterocycles. The highest BCUT2D eigenvalue weighted by molar-refractivity contribution is 9.12. The number of anilines is 1. The average Bonchev–Trinajstić information content (AvgIpc) is 2.34. The van der Waals surface area contributed by atoms with Crippen LogP contribution in [0, 0.1) is 13.8 Å². The van der Waals surface area contributed by atoms with Crippen molar-refractivity contribution in [1.29, 1.82) is 0 Å². The number of hydrogen-bond acceptors (Lipinski definition) is 2. The maximum Gasteiger partial charge on any atom is 0.325 e. The second-order valence-electron chi connectivity index (χ2n) is 3.99. The molecule has 104 valence electrons. The van der Waals surface area contributed by atoms with Crippen LogP contribution in [0.25, 0.3) is 0 Å². The Labute approximate surface area is 133 Å². The molecule has 0 heterocycles. The van der Waals surface area contributed by atoms with Crippen LogP contribution < -0.4 is 10.6 Å². The van der Waals surface area contributed by atoms with E-state index in [1.165, 1.54) is 0 Å². The van der Waals surface area contributed by atoms with E-state index in [4.69, 9.17) is 11.6 Å². The first-order valence-corrected chi connectivity index (χ1v) is 7.85. The molecule has 4 nitrogen and oxygen atoms in total. The van der Waals surface area contributed by atoms with Crippen molar-refractivity contribution >= 4 is 61.1 Å². The van der Waals surface area contributed by atoms with Gasteiger partial charge in [0, 0.05) is 16.0 Å². The first-order valence-electron chi connectivity index (χ1n) is 5.43. The molecule has 7 heteroatoms. The van der Waals surface area contributed by atoms with E-state index in [2.05, 4.69) is 42.5 Å². The van der Waals surface area contributed by atoms with E-state index < -0.39 is 16.8 Å². The Morgan fingerprint density at radius 1 is 1.32 bits per heavy atom. The van der Waals surface area contributed by atoms with Gasteiger partial charge in [-0.1, -0.05) is 43.5 Å². The Morgan fingerprint density at radius 3 is 2.32 bits per heavy atom. The molecule has 1 aromatic rings. The van der Waals surface area contributed by atoms with Gasteiger partial charge in [0.15, 0.2) is 0 Å². The Balaban J connectivity index is 2.70. The molecule has 0 bridgehead atoms. The van der Waals surface area contributed by atoms with Crippen molar-refractivity contribution in [2.75, 3.05) is 10.6 Å². The highest BCUT2D eigenvalue weighted by Gasteiger charge is 2.16. The highest BCUT2D eigenvalue weighted by atomic mass is 79.9. The quantitative estimate of drug-likeness (QED) is 0.743. The third kappa shape index (κ3) is 4.78. The predicted molar refractivity (Wildman–Crippen MR) is 84.6 cm³/mol. The second-order valence-corrected chi connectivity index (χ2v) is 6.12. The monoisotopic (exact) mass is 410 g/mol. The minimum atomic E-state index is -0.573. The molecule has 1 aromatic carbocycles. The average molecular weight is 413 g/mol. The molecule has 3 amide bonds. The lowest BCUT2D eigenvalue weighted by Crippen LogP contribution is -2.39. The van der Waals surface area contributed by atoms with Crippen LogP contribution in [0.4, 0.5) is 10.5 Å². The Morgan fingerprint density at radius 2 is 1.84 bits per heavy atom. The molecule has 1 rings (SSSR count). The number of hydrogen-bond donors (Lipinski definition) is 2. The fourth-order valence-corrected chi connectivity index (χ4v) is 1.96. The molecule has 0 aliphatic rings. The summed E-state index contributed by atoms with van der Waals surface area (Å²) in [5.41, 5.74) is 2.32. The van der Waals surface area contributed by atoms with Crippen LogP contribution in [0.5, 0.6) is 0 Å². The minimum Gasteiger partial charge on any atom is -0.308 e. The molecule has 0 fully saturated rings. The second kappa shape index (κ2) is 7.26. The van der Waals surface area contributed by atoms with Crippen LogP contribution in [0.3, 0.4) is 0 Å². The summed E-state index contributed by atoms with van der Waals surface area (Å²) in [6.45, 7) is 3.70. The van der Waals surface area contributed by atoms with Gasteiger partial charge in [-0.2, -0.15) is 0 Å². The Kier molecular flexibility index (Phi) is 6.29. The molecule has 1 atom stereocenters. The van der Waals surface area contributed by atoms with Crippen molar-refractivity contribution in [3.8, 4) is 0 Å². The SMILES string of the molecule is Cc1cc(NC(=O)NC(=O)C(Br)CBr)cc(C)c1Cl. The molecule has 19 heavy (non-hydrogen) atoms. The maximum atomic E-state index is 11.6. The van der Waals surface area contributed by atoms with Crippen molar-refractivity contribution in [3.63, 3.8) is 0 Å². The largest absolute Gasteiger partial charge is 0.325 e. The van der Waals surface area contributed by atoms with Gasteiger partial charge in [0.05, 0.1) is 0 Å². The van der Waals surface area contributed by atoms with E-state index >= 15 is 0 Å². The topological polar surface area (TPSA) is 58.2 Å².